The molecule has 0 fully saturated rings. The Morgan fingerprint density at radius 2 is 1.82 bits per heavy atom. The summed E-state index contributed by atoms with van der Waals surface area (Å²) in [6.07, 6.45) is 2.46. The quantitative estimate of drug-likeness (QED) is 0.763. The molecule has 2 unspecified atom stereocenters. The summed E-state index contributed by atoms with van der Waals surface area (Å²) < 4.78 is 0. The summed E-state index contributed by atoms with van der Waals surface area (Å²) >= 11 is 0. The normalized spacial score (nSPS) is 14.9. The van der Waals surface area contributed by atoms with E-state index in [9.17, 15) is 5.11 Å². The third-order valence-electron chi connectivity index (χ3n) is 3.19. The number of hydrogen-bond donors (Lipinski definition) is 2. The molecular formula is C15H25NO. The van der Waals surface area contributed by atoms with Crippen molar-refractivity contribution in [2.24, 2.45) is 17.6 Å². The maximum atomic E-state index is 10.1. The first kappa shape index (κ1) is 14.2. The summed E-state index contributed by atoms with van der Waals surface area (Å²) in [6.45, 7) is 4.92. The highest BCUT2D eigenvalue weighted by atomic mass is 16.3. The standard InChI is InChI=1S/C15H25NO/c1-12(2)10-14(11-16)15(17)9-8-13-6-4-3-5-7-13/h3-7,12,14-15,17H,8-11,16H2,1-2H3. The third-order valence-corrected chi connectivity index (χ3v) is 3.19. The molecule has 2 heteroatoms. The Kier molecular flexibility index (Phi) is 6.23. The molecule has 96 valence electrons. The minimum absolute atomic E-state index is 0.235. The van der Waals surface area contributed by atoms with Crippen LogP contribution < -0.4 is 5.73 Å². The fourth-order valence-electron chi connectivity index (χ4n) is 2.21. The second-order valence-electron chi connectivity index (χ2n) is 5.22. The van der Waals surface area contributed by atoms with E-state index in [1.807, 2.05) is 18.2 Å². The zero-order valence-corrected chi connectivity index (χ0v) is 11.0. The van der Waals surface area contributed by atoms with Gasteiger partial charge in [-0.25, -0.2) is 0 Å². The van der Waals surface area contributed by atoms with Gasteiger partial charge < -0.3 is 10.8 Å². The van der Waals surface area contributed by atoms with Crippen LogP contribution >= 0.6 is 0 Å². The van der Waals surface area contributed by atoms with Gasteiger partial charge in [-0.05, 0) is 43.2 Å². The monoisotopic (exact) mass is 235 g/mol. The van der Waals surface area contributed by atoms with E-state index in [0.29, 0.717) is 12.5 Å². The van der Waals surface area contributed by atoms with Crippen LogP contribution in [-0.2, 0) is 6.42 Å². The molecule has 1 rings (SSSR count). The second-order valence-corrected chi connectivity index (χ2v) is 5.22. The van der Waals surface area contributed by atoms with Gasteiger partial charge in [0, 0.05) is 0 Å². The predicted octanol–water partition coefficient (Wildman–Crippen LogP) is 2.60. The van der Waals surface area contributed by atoms with Crippen LogP contribution in [0, 0.1) is 11.8 Å². The Morgan fingerprint density at radius 3 is 2.35 bits per heavy atom. The molecular weight excluding hydrogens is 210 g/mol. The molecule has 2 atom stereocenters. The van der Waals surface area contributed by atoms with Gasteiger partial charge in [-0.1, -0.05) is 44.2 Å². The van der Waals surface area contributed by atoms with Crippen LogP contribution in [0.2, 0.25) is 0 Å². The minimum Gasteiger partial charge on any atom is -0.393 e. The van der Waals surface area contributed by atoms with E-state index >= 15 is 0 Å². The van der Waals surface area contributed by atoms with Crippen molar-refractivity contribution in [3.05, 3.63) is 35.9 Å². The van der Waals surface area contributed by atoms with Gasteiger partial charge in [0.1, 0.15) is 0 Å². The number of aliphatic hydroxyl groups excluding tert-OH is 1. The summed E-state index contributed by atoms with van der Waals surface area (Å²) in [5, 5.41) is 10.1. The van der Waals surface area contributed by atoms with Crippen molar-refractivity contribution in [3.8, 4) is 0 Å². The average molecular weight is 235 g/mol. The van der Waals surface area contributed by atoms with Crippen molar-refractivity contribution in [2.45, 2.75) is 39.2 Å². The van der Waals surface area contributed by atoms with E-state index in [1.54, 1.807) is 0 Å². The SMILES string of the molecule is CC(C)CC(CN)C(O)CCc1ccccc1. The molecule has 1 aromatic carbocycles. The topological polar surface area (TPSA) is 46.2 Å². The summed E-state index contributed by atoms with van der Waals surface area (Å²) in [5.41, 5.74) is 7.02. The zero-order chi connectivity index (χ0) is 12.7. The Balaban J connectivity index is 2.39. The summed E-state index contributed by atoms with van der Waals surface area (Å²) in [6, 6.07) is 10.3. The first-order valence-corrected chi connectivity index (χ1v) is 6.55. The van der Waals surface area contributed by atoms with Gasteiger partial charge in [0.25, 0.3) is 0 Å². The molecule has 0 radical (unpaired) electrons. The molecule has 0 aliphatic heterocycles. The Morgan fingerprint density at radius 1 is 1.18 bits per heavy atom. The van der Waals surface area contributed by atoms with Crippen molar-refractivity contribution in [1.82, 2.24) is 0 Å². The number of nitrogens with two attached hydrogens (primary N) is 1. The number of hydrogen-bond acceptors (Lipinski definition) is 2. The van der Waals surface area contributed by atoms with Crippen LogP contribution in [-0.4, -0.2) is 17.8 Å². The van der Waals surface area contributed by atoms with E-state index in [0.717, 1.165) is 19.3 Å². The Bertz CT molecular complexity index is 297. The maximum Gasteiger partial charge on any atom is 0.0583 e. The van der Waals surface area contributed by atoms with E-state index in [1.165, 1.54) is 5.56 Å². The van der Waals surface area contributed by atoms with Crippen LogP contribution in [0.5, 0.6) is 0 Å². The lowest BCUT2D eigenvalue weighted by Gasteiger charge is -2.23. The van der Waals surface area contributed by atoms with Crippen molar-refractivity contribution in [1.29, 1.82) is 0 Å². The fourth-order valence-corrected chi connectivity index (χ4v) is 2.21. The first-order valence-electron chi connectivity index (χ1n) is 6.55. The number of benzene rings is 1. The summed E-state index contributed by atoms with van der Waals surface area (Å²) in [7, 11) is 0. The summed E-state index contributed by atoms with van der Waals surface area (Å²) in [5.74, 6) is 0.827. The Hall–Kier alpha value is -0.860. The second kappa shape index (κ2) is 7.46. The molecule has 0 saturated heterocycles. The number of aliphatic hydroxyl groups is 1. The van der Waals surface area contributed by atoms with Crippen molar-refractivity contribution >= 4 is 0 Å². The lowest BCUT2D eigenvalue weighted by Crippen LogP contribution is -2.29. The Labute approximate surface area is 105 Å². The maximum absolute atomic E-state index is 10.1. The molecule has 0 aliphatic carbocycles. The molecule has 0 saturated carbocycles. The molecule has 17 heavy (non-hydrogen) atoms. The van der Waals surface area contributed by atoms with Crippen LogP contribution in [0.4, 0.5) is 0 Å². The van der Waals surface area contributed by atoms with Gasteiger partial charge in [0.2, 0.25) is 0 Å². The number of rotatable bonds is 7. The van der Waals surface area contributed by atoms with Gasteiger partial charge >= 0.3 is 0 Å². The highest BCUT2D eigenvalue weighted by Gasteiger charge is 2.18. The van der Waals surface area contributed by atoms with Gasteiger partial charge in [-0.2, -0.15) is 0 Å². The van der Waals surface area contributed by atoms with E-state index < -0.39 is 0 Å². The first-order chi connectivity index (χ1) is 8.13. The molecule has 2 nitrogen and oxygen atoms in total. The van der Waals surface area contributed by atoms with E-state index in [4.69, 9.17) is 5.73 Å². The molecule has 3 N–H and O–H groups in total. The largest absolute Gasteiger partial charge is 0.393 e. The lowest BCUT2D eigenvalue weighted by atomic mass is 9.89. The molecule has 0 amide bonds. The third kappa shape index (κ3) is 5.33. The zero-order valence-electron chi connectivity index (χ0n) is 11.0. The number of aryl methyl sites for hydroxylation is 1. The summed E-state index contributed by atoms with van der Waals surface area (Å²) in [4.78, 5) is 0. The van der Waals surface area contributed by atoms with Crippen LogP contribution in [0.15, 0.2) is 30.3 Å². The smallest absolute Gasteiger partial charge is 0.0583 e. The van der Waals surface area contributed by atoms with Gasteiger partial charge in [-0.3, -0.25) is 0 Å². The predicted molar refractivity (Wildman–Crippen MR) is 72.8 cm³/mol. The lowest BCUT2D eigenvalue weighted by molar-refractivity contribution is 0.0912. The van der Waals surface area contributed by atoms with Crippen LogP contribution in [0.1, 0.15) is 32.3 Å². The van der Waals surface area contributed by atoms with E-state index in [-0.39, 0.29) is 12.0 Å². The van der Waals surface area contributed by atoms with Crippen molar-refractivity contribution in [3.63, 3.8) is 0 Å². The molecule has 0 spiro atoms. The highest BCUT2D eigenvalue weighted by molar-refractivity contribution is 5.14. The molecule has 0 heterocycles. The van der Waals surface area contributed by atoms with Crippen LogP contribution in [0.25, 0.3) is 0 Å². The van der Waals surface area contributed by atoms with Crippen LogP contribution in [0.3, 0.4) is 0 Å². The van der Waals surface area contributed by atoms with Gasteiger partial charge in [0.05, 0.1) is 6.10 Å². The van der Waals surface area contributed by atoms with Gasteiger partial charge in [0.15, 0.2) is 0 Å². The fraction of sp³-hybridized carbons (Fsp3) is 0.600. The minimum atomic E-state index is -0.275. The molecule has 0 aliphatic rings. The highest BCUT2D eigenvalue weighted by Crippen LogP contribution is 2.18. The van der Waals surface area contributed by atoms with Gasteiger partial charge in [-0.15, -0.1) is 0 Å². The molecule has 0 aromatic heterocycles. The molecule has 0 bridgehead atoms. The average Bonchev–Trinajstić information content (AvgIpc) is 2.34. The molecule has 1 aromatic rings. The van der Waals surface area contributed by atoms with E-state index in [2.05, 4.69) is 26.0 Å². The van der Waals surface area contributed by atoms with Crippen molar-refractivity contribution in [2.75, 3.05) is 6.54 Å². The van der Waals surface area contributed by atoms with Crippen molar-refractivity contribution < 1.29 is 5.11 Å².